The minimum atomic E-state index is -0.113. The van der Waals surface area contributed by atoms with Crippen LogP contribution >= 0.6 is 0 Å². The van der Waals surface area contributed by atoms with Gasteiger partial charge in [0.2, 0.25) is 0 Å². The van der Waals surface area contributed by atoms with E-state index in [-0.39, 0.29) is 12.5 Å². The Morgan fingerprint density at radius 3 is 2.52 bits per heavy atom. The minimum Gasteiger partial charge on any atom is -0.497 e. The van der Waals surface area contributed by atoms with Crippen LogP contribution in [-0.4, -0.2) is 38.9 Å². The molecule has 0 saturated heterocycles. The summed E-state index contributed by atoms with van der Waals surface area (Å²) in [6, 6.07) is 7.17. The summed E-state index contributed by atoms with van der Waals surface area (Å²) in [5.41, 5.74) is 0. The molecule has 23 heavy (non-hydrogen) atoms. The molecule has 1 aliphatic carbocycles. The van der Waals surface area contributed by atoms with Gasteiger partial charge in [-0.3, -0.25) is 4.79 Å². The van der Waals surface area contributed by atoms with Crippen molar-refractivity contribution in [3.63, 3.8) is 0 Å². The third-order valence-electron chi connectivity index (χ3n) is 3.98. The first-order chi connectivity index (χ1) is 11.3. The Balaban J connectivity index is 1.50. The normalized spacial score (nSPS) is 15.2. The lowest BCUT2D eigenvalue weighted by Gasteiger charge is -2.21. The first kappa shape index (κ1) is 17.6. The molecule has 2 rings (SSSR count). The second kappa shape index (κ2) is 10.1. The van der Waals surface area contributed by atoms with E-state index in [0.717, 1.165) is 12.2 Å². The molecule has 0 aliphatic heterocycles. The van der Waals surface area contributed by atoms with Crippen LogP contribution in [0.25, 0.3) is 0 Å². The van der Waals surface area contributed by atoms with E-state index in [1.54, 1.807) is 31.4 Å². The Morgan fingerprint density at radius 2 is 1.83 bits per heavy atom. The second-order valence-corrected chi connectivity index (χ2v) is 5.80. The molecule has 0 radical (unpaired) electrons. The number of benzene rings is 1. The zero-order chi connectivity index (χ0) is 16.3. The maximum atomic E-state index is 11.7. The number of ether oxygens (including phenoxy) is 3. The molecular formula is C18H27NO4. The van der Waals surface area contributed by atoms with Gasteiger partial charge in [0.15, 0.2) is 6.61 Å². The van der Waals surface area contributed by atoms with E-state index in [4.69, 9.17) is 14.2 Å². The minimum absolute atomic E-state index is 0.0236. The summed E-state index contributed by atoms with van der Waals surface area (Å²) in [5.74, 6) is 1.31. The maximum Gasteiger partial charge on any atom is 0.257 e. The first-order valence-corrected chi connectivity index (χ1v) is 8.43. The summed E-state index contributed by atoms with van der Waals surface area (Å²) in [6.45, 7) is 1.36. The standard InChI is InChI=1S/C18H27NO4/c1-21-15-8-10-17(11-9-15)23-14-18(20)19-12-5-13-22-16-6-3-2-4-7-16/h8-11,16H,2-7,12-14H2,1H3,(H,19,20). The molecule has 1 aliphatic rings. The van der Waals surface area contributed by atoms with Crippen LogP contribution in [0.4, 0.5) is 0 Å². The second-order valence-electron chi connectivity index (χ2n) is 5.80. The number of hydrogen-bond donors (Lipinski definition) is 1. The Morgan fingerprint density at radius 1 is 1.13 bits per heavy atom. The third-order valence-corrected chi connectivity index (χ3v) is 3.98. The van der Waals surface area contributed by atoms with Gasteiger partial charge in [-0.05, 0) is 43.5 Å². The van der Waals surface area contributed by atoms with Gasteiger partial charge in [-0.15, -0.1) is 0 Å². The van der Waals surface area contributed by atoms with Crippen molar-refractivity contribution < 1.29 is 19.0 Å². The van der Waals surface area contributed by atoms with Gasteiger partial charge in [0.1, 0.15) is 11.5 Å². The number of carbonyl (C=O) groups excluding carboxylic acids is 1. The predicted molar refractivity (Wildman–Crippen MR) is 88.9 cm³/mol. The lowest BCUT2D eigenvalue weighted by Crippen LogP contribution is -2.30. The zero-order valence-electron chi connectivity index (χ0n) is 13.9. The van der Waals surface area contributed by atoms with E-state index in [1.165, 1.54) is 32.1 Å². The number of carbonyl (C=O) groups is 1. The van der Waals surface area contributed by atoms with Crippen LogP contribution in [0.5, 0.6) is 11.5 Å². The molecule has 1 saturated carbocycles. The van der Waals surface area contributed by atoms with Gasteiger partial charge in [-0.2, -0.15) is 0 Å². The van der Waals surface area contributed by atoms with Gasteiger partial charge in [0.25, 0.3) is 5.91 Å². The molecule has 5 heteroatoms. The zero-order valence-corrected chi connectivity index (χ0v) is 13.9. The molecule has 0 unspecified atom stereocenters. The molecule has 1 aromatic carbocycles. The number of nitrogens with one attached hydrogen (secondary N) is 1. The third kappa shape index (κ3) is 6.91. The molecular weight excluding hydrogens is 294 g/mol. The van der Waals surface area contributed by atoms with E-state index in [1.807, 2.05) is 0 Å². The van der Waals surface area contributed by atoms with Gasteiger partial charge in [-0.1, -0.05) is 19.3 Å². The number of rotatable bonds is 9. The van der Waals surface area contributed by atoms with Crippen LogP contribution in [0.1, 0.15) is 38.5 Å². The van der Waals surface area contributed by atoms with Crippen LogP contribution in [0.2, 0.25) is 0 Å². The quantitative estimate of drug-likeness (QED) is 0.711. The highest BCUT2D eigenvalue weighted by Crippen LogP contribution is 2.20. The highest BCUT2D eigenvalue weighted by atomic mass is 16.5. The van der Waals surface area contributed by atoms with Crippen LogP contribution in [0, 0.1) is 0 Å². The van der Waals surface area contributed by atoms with Gasteiger partial charge >= 0.3 is 0 Å². The Hall–Kier alpha value is -1.75. The molecule has 128 valence electrons. The summed E-state index contributed by atoms with van der Waals surface area (Å²) < 4.78 is 16.3. The van der Waals surface area contributed by atoms with Crippen molar-refractivity contribution in [1.29, 1.82) is 0 Å². The van der Waals surface area contributed by atoms with E-state index in [9.17, 15) is 4.79 Å². The van der Waals surface area contributed by atoms with Gasteiger partial charge < -0.3 is 19.5 Å². The molecule has 1 N–H and O–H groups in total. The molecule has 0 heterocycles. The van der Waals surface area contributed by atoms with Gasteiger partial charge in [-0.25, -0.2) is 0 Å². The summed E-state index contributed by atoms with van der Waals surface area (Å²) >= 11 is 0. The molecule has 5 nitrogen and oxygen atoms in total. The largest absolute Gasteiger partial charge is 0.497 e. The van der Waals surface area contributed by atoms with Crippen molar-refractivity contribution in [2.45, 2.75) is 44.6 Å². The Labute approximate surface area is 138 Å². The van der Waals surface area contributed by atoms with Crippen LogP contribution < -0.4 is 14.8 Å². The molecule has 0 aromatic heterocycles. The van der Waals surface area contributed by atoms with Gasteiger partial charge in [0, 0.05) is 13.2 Å². The number of methoxy groups -OCH3 is 1. The summed E-state index contributed by atoms with van der Waals surface area (Å²) in [4.78, 5) is 11.7. The number of hydrogen-bond acceptors (Lipinski definition) is 4. The highest BCUT2D eigenvalue weighted by molar-refractivity contribution is 5.77. The fourth-order valence-corrected chi connectivity index (χ4v) is 2.65. The molecule has 0 spiro atoms. The molecule has 0 atom stereocenters. The van der Waals surface area contributed by atoms with E-state index < -0.39 is 0 Å². The first-order valence-electron chi connectivity index (χ1n) is 8.43. The van der Waals surface area contributed by atoms with Gasteiger partial charge in [0.05, 0.1) is 13.2 Å². The average molecular weight is 321 g/mol. The van der Waals surface area contributed by atoms with Crippen molar-refractivity contribution in [2.24, 2.45) is 0 Å². The predicted octanol–water partition coefficient (Wildman–Crippen LogP) is 2.93. The lowest BCUT2D eigenvalue weighted by atomic mass is 9.98. The van der Waals surface area contributed by atoms with E-state index >= 15 is 0 Å². The summed E-state index contributed by atoms with van der Waals surface area (Å²) in [5, 5.41) is 2.84. The number of amides is 1. The van der Waals surface area contributed by atoms with Crippen LogP contribution in [0.15, 0.2) is 24.3 Å². The Bertz CT molecular complexity index is 455. The highest BCUT2D eigenvalue weighted by Gasteiger charge is 2.13. The molecule has 1 aromatic rings. The topological polar surface area (TPSA) is 56.8 Å². The fraction of sp³-hybridized carbons (Fsp3) is 0.611. The van der Waals surface area contributed by atoms with Crippen LogP contribution in [-0.2, 0) is 9.53 Å². The van der Waals surface area contributed by atoms with Crippen molar-refractivity contribution in [3.05, 3.63) is 24.3 Å². The fourth-order valence-electron chi connectivity index (χ4n) is 2.65. The molecule has 0 bridgehead atoms. The average Bonchev–Trinajstić information content (AvgIpc) is 2.61. The van der Waals surface area contributed by atoms with Crippen molar-refractivity contribution in [2.75, 3.05) is 26.9 Å². The lowest BCUT2D eigenvalue weighted by molar-refractivity contribution is -0.123. The molecule has 1 amide bonds. The monoisotopic (exact) mass is 321 g/mol. The SMILES string of the molecule is COc1ccc(OCC(=O)NCCCOC2CCCCC2)cc1. The van der Waals surface area contributed by atoms with Crippen LogP contribution in [0.3, 0.4) is 0 Å². The summed E-state index contributed by atoms with van der Waals surface area (Å²) in [6.07, 6.45) is 7.53. The van der Waals surface area contributed by atoms with E-state index in [2.05, 4.69) is 5.32 Å². The van der Waals surface area contributed by atoms with Crippen molar-refractivity contribution >= 4 is 5.91 Å². The Kier molecular flexibility index (Phi) is 7.73. The molecule has 1 fully saturated rings. The maximum absolute atomic E-state index is 11.7. The van der Waals surface area contributed by atoms with Crippen molar-refractivity contribution in [3.8, 4) is 11.5 Å². The smallest absolute Gasteiger partial charge is 0.257 e. The summed E-state index contributed by atoms with van der Waals surface area (Å²) in [7, 11) is 1.61. The van der Waals surface area contributed by atoms with Crippen molar-refractivity contribution in [1.82, 2.24) is 5.32 Å². The van der Waals surface area contributed by atoms with E-state index in [0.29, 0.717) is 25.0 Å².